The maximum absolute atomic E-state index is 5.41. The zero-order chi connectivity index (χ0) is 14.7. The Morgan fingerprint density at radius 1 is 0.760 bits per heavy atom. The van der Waals surface area contributed by atoms with Crippen molar-refractivity contribution >= 4 is 26.4 Å². The molecule has 2 aromatic heterocycles. The number of oxazole rings is 2. The molecule has 0 bridgehead atoms. The summed E-state index contributed by atoms with van der Waals surface area (Å²) in [6.07, 6.45) is 0.856. The van der Waals surface area contributed by atoms with Gasteiger partial charge in [0, 0.05) is 6.42 Å². The third-order valence-corrected chi connectivity index (χ3v) is 3.27. The second-order valence-corrected chi connectivity index (χ2v) is 5.08. The molecule has 0 N–H and O–H groups in total. The van der Waals surface area contributed by atoms with Crippen LogP contribution in [0.1, 0.15) is 12.8 Å². The molecule has 0 saturated carbocycles. The van der Waals surface area contributed by atoms with E-state index in [0.717, 1.165) is 38.7 Å². The van der Waals surface area contributed by atoms with Gasteiger partial charge < -0.3 is 54.0 Å². The first-order valence-corrected chi connectivity index (χ1v) is 7.46. The van der Waals surface area contributed by atoms with Crippen molar-refractivity contribution in [3.8, 4) is 0 Å². The van der Waals surface area contributed by atoms with Crippen molar-refractivity contribution in [2.24, 2.45) is 0 Å². The standard InChI is InChI=1S/C9H9NO.C7H4NO.4ClH.Ti/c1-2-9-10-7-5-3-4-6-8(7)11-9;1-2-4-7-6(3-1)8-5-9-7;;;;;/h3-6H,2H2,1H3;1-4H;4*1H;/q;;;;;;+4/p-4. The van der Waals surface area contributed by atoms with Gasteiger partial charge >= 0.3 is 69.4 Å². The molecule has 0 saturated heterocycles. The van der Waals surface area contributed by atoms with Gasteiger partial charge in [-0.2, -0.15) is 0 Å². The molecule has 4 aromatic rings. The van der Waals surface area contributed by atoms with Gasteiger partial charge in [0.05, 0.1) is 0 Å². The van der Waals surface area contributed by atoms with E-state index in [-0.39, 0.29) is 49.6 Å². The molecule has 0 aliphatic heterocycles. The Balaban J connectivity index is 0. The quantitative estimate of drug-likeness (QED) is 0.268. The molecule has 2 heterocycles. The van der Waals surface area contributed by atoms with Crippen LogP contribution in [0, 0.1) is 0 Å². The summed E-state index contributed by atoms with van der Waals surface area (Å²) in [4.78, 5) is 8.41. The van der Waals surface area contributed by atoms with Crippen molar-refractivity contribution in [2.45, 2.75) is 13.3 Å². The van der Waals surface area contributed by atoms with E-state index in [1.54, 1.807) is 0 Å². The molecule has 9 heteroatoms. The molecule has 0 radical (unpaired) electrons. The fourth-order valence-corrected chi connectivity index (χ4v) is 2.30. The van der Waals surface area contributed by atoms with Crippen LogP contribution in [0.5, 0.6) is 0 Å². The number of aromatic nitrogens is 2. The molecule has 25 heavy (non-hydrogen) atoms. The van der Waals surface area contributed by atoms with Crippen molar-refractivity contribution in [3.05, 3.63) is 54.4 Å². The third kappa shape index (κ3) is 6.82. The van der Waals surface area contributed by atoms with Crippen LogP contribution in [0.25, 0.3) is 22.2 Å². The molecular weight excluding hydrogens is 442 g/mol. The van der Waals surface area contributed by atoms with Gasteiger partial charge in [0.1, 0.15) is 5.52 Å². The minimum absolute atomic E-state index is 0. The van der Waals surface area contributed by atoms with E-state index in [1.165, 1.54) is 0 Å². The second kappa shape index (κ2) is 12.6. The molecule has 0 fully saturated rings. The van der Waals surface area contributed by atoms with E-state index in [0.29, 0.717) is 0 Å². The van der Waals surface area contributed by atoms with Gasteiger partial charge in [0.15, 0.2) is 11.5 Å². The van der Waals surface area contributed by atoms with E-state index in [9.17, 15) is 0 Å². The van der Waals surface area contributed by atoms with Crippen LogP contribution in [0.2, 0.25) is 0 Å². The second-order valence-electron chi connectivity index (χ2n) is 4.42. The molecule has 4 rings (SSSR count). The normalized spacial score (nSPS) is 8.92. The SMILES string of the molecule is CCc1nc2ccccc2o1.[Cl-].[Cl-].[Cl-].[Cl-].[Ti+4][c]1nc2ccccc2o1. The van der Waals surface area contributed by atoms with E-state index in [4.69, 9.17) is 8.83 Å². The summed E-state index contributed by atoms with van der Waals surface area (Å²) in [7, 11) is 0. The van der Waals surface area contributed by atoms with Gasteiger partial charge in [0.25, 0.3) is 0 Å². The van der Waals surface area contributed by atoms with Crippen LogP contribution in [-0.2, 0) is 26.9 Å². The zero-order valence-electron chi connectivity index (χ0n) is 13.0. The van der Waals surface area contributed by atoms with Gasteiger partial charge in [-0.15, -0.1) is 0 Å². The number of nitrogens with zero attached hydrogens (tertiary/aromatic N) is 2. The summed E-state index contributed by atoms with van der Waals surface area (Å²) in [5.41, 5.74) is 3.62. The first kappa shape index (κ1) is 26.5. The van der Waals surface area contributed by atoms with Crippen LogP contribution in [-0.4, -0.2) is 9.97 Å². The minimum atomic E-state index is 0. The van der Waals surface area contributed by atoms with Crippen molar-refractivity contribution in [2.75, 3.05) is 0 Å². The van der Waals surface area contributed by atoms with Gasteiger partial charge in [0.2, 0.25) is 0 Å². The Morgan fingerprint density at radius 2 is 1.24 bits per heavy atom. The van der Waals surface area contributed by atoms with E-state index >= 15 is 0 Å². The summed E-state index contributed by atoms with van der Waals surface area (Å²) < 4.78 is 11.4. The Bertz CT molecular complexity index is 816. The van der Waals surface area contributed by atoms with Gasteiger partial charge in [-0.3, -0.25) is 0 Å². The predicted octanol–water partition coefficient (Wildman–Crippen LogP) is -8.59. The maximum atomic E-state index is 5.41. The Morgan fingerprint density at radius 3 is 1.72 bits per heavy atom. The summed E-state index contributed by atoms with van der Waals surface area (Å²) in [5, 5.41) is 0. The van der Waals surface area contributed by atoms with Crippen molar-refractivity contribution < 1.29 is 78.9 Å². The van der Waals surface area contributed by atoms with Crippen LogP contribution in [0.3, 0.4) is 0 Å². The Labute approximate surface area is 182 Å². The molecule has 0 unspecified atom stereocenters. The number of aryl methyl sites for hydroxylation is 1. The van der Waals surface area contributed by atoms with E-state index < -0.39 is 0 Å². The molecule has 4 nitrogen and oxygen atoms in total. The van der Waals surface area contributed by atoms with Crippen LogP contribution < -0.4 is 53.8 Å². The van der Waals surface area contributed by atoms with E-state index in [1.807, 2.05) is 75.9 Å². The zero-order valence-corrected chi connectivity index (χ0v) is 17.6. The number of para-hydroxylation sites is 4. The molecule has 0 amide bonds. The number of hydrogen-bond acceptors (Lipinski definition) is 4. The predicted molar refractivity (Wildman–Crippen MR) is 77.0 cm³/mol. The monoisotopic (exact) mass is 453 g/mol. The number of rotatable bonds is 1. The van der Waals surface area contributed by atoms with Crippen molar-refractivity contribution in [3.63, 3.8) is 0 Å². The van der Waals surface area contributed by atoms with Crippen molar-refractivity contribution in [1.29, 1.82) is 0 Å². The van der Waals surface area contributed by atoms with Crippen molar-refractivity contribution in [1.82, 2.24) is 9.97 Å². The molecule has 0 aliphatic rings. The van der Waals surface area contributed by atoms with E-state index in [2.05, 4.69) is 9.97 Å². The van der Waals surface area contributed by atoms with Gasteiger partial charge in [-0.1, -0.05) is 19.1 Å². The molecule has 2 aromatic carbocycles. The Kier molecular flexibility index (Phi) is 13.3. The average molecular weight is 455 g/mol. The fourth-order valence-electron chi connectivity index (χ4n) is 1.94. The van der Waals surface area contributed by atoms with Crippen LogP contribution in [0.4, 0.5) is 0 Å². The summed E-state index contributed by atoms with van der Waals surface area (Å²) >= 11 is 1.85. The number of halogens is 4. The van der Waals surface area contributed by atoms with Crippen LogP contribution in [0.15, 0.2) is 57.4 Å². The molecule has 0 aliphatic carbocycles. The summed E-state index contributed by atoms with van der Waals surface area (Å²) in [6, 6.07) is 15.5. The van der Waals surface area contributed by atoms with Gasteiger partial charge in [-0.05, 0) is 12.1 Å². The average Bonchev–Trinajstić information content (AvgIpc) is 3.09. The Hall–Kier alpha value is -0.746. The van der Waals surface area contributed by atoms with Crippen LogP contribution >= 0.6 is 0 Å². The molecular formula is C16H13Cl4N2O2Ti. The molecule has 131 valence electrons. The summed E-state index contributed by atoms with van der Waals surface area (Å²) in [6.45, 7) is 2.03. The molecule has 0 spiro atoms. The first-order chi connectivity index (χ1) is 10.3. The fraction of sp³-hybridized carbons (Fsp3) is 0.125. The molecule has 0 atom stereocenters. The number of fused-ring (bicyclic) bond motifs is 2. The van der Waals surface area contributed by atoms with Gasteiger partial charge in [-0.25, -0.2) is 4.98 Å². The third-order valence-electron chi connectivity index (χ3n) is 2.93. The summed E-state index contributed by atoms with van der Waals surface area (Å²) in [5.74, 6) is 0.811. The topological polar surface area (TPSA) is 52.1 Å². The first-order valence-electron chi connectivity index (χ1n) is 6.68. The number of benzene rings is 2. The number of hydrogen-bond donors (Lipinski definition) is 0.